The van der Waals surface area contributed by atoms with Crippen LogP contribution in [0.2, 0.25) is 0 Å². The van der Waals surface area contributed by atoms with Crippen LogP contribution in [0, 0.1) is 16.0 Å². The van der Waals surface area contributed by atoms with E-state index in [0.717, 1.165) is 23.6 Å². The first-order valence-electron chi connectivity index (χ1n) is 8.98. The zero-order valence-corrected chi connectivity index (χ0v) is 15.3. The third kappa shape index (κ3) is 2.56. The molecule has 3 unspecified atom stereocenters. The quantitative estimate of drug-likeness (QED) is 0.586. The summed E-state index contributed by atoms with van der Waals surface area (Å²) >= 11 is 1.47. The molecule has 1 fully saturated rings. The lowest BCUT2D eigenvalue weighted by Crippen LogP contribution is -2.44. The summed E-state index contributed by atoms with van der Waals surface area (Å²) in [5, 5.41) is 12.0. The Bertz CT molecular complexity index is 990. The minimum absolute atomic E-state index is 0.0103. The molecule has 2 aliphatic heterocycles. The average Bonchev–Trinajstić information content (AvgIpc) is 3.07. The molecule has 3 aliphatic rings. The van der Waals surface area contributed by atoms with Gasteiger partial charge in [-0.2, -0.15) is 0 Å². The Morgan fingerprint density at radius 3 is 2.89 bits per heavy atom. The molecule has 0 radical (unpaired) electrons. The van der Waals surface area contributed by atoms with Gasteiger partial charge < -0.3 is 0 Å². The number of amides is 1. The molecule has 2 heterocycles. The molecule has 0 saturated carbocycles. The number of amidine groups is 1. The summed E-state index contributed by atoms with van der Waals surface area (Å²) in [4.78, 5) is 30.2. The summed E-state index contributed by atoms with van der Waals surface area (Å²) in [5.74, 6) is 0.534. The van der Waals surface area contributed by atoms with Crippen LogP contribution in [0.25, 0.3) is 0 Å². The highest BCUT2D eigenvalue weighted by Crippen LogP contribution is 2.51. The van der Waals surface area contributed by atoms with Crippen LogP contribution >= 0.6 is 11.8 Å². The fraction of sp³-hybridized carbons (Fsp3) is 0.300. The summed E-state index contributed by atoms with van der Waals surface area (Å²) in [6.45, 7) is 0. The fourth-order valence-electron chi connectivity index (χ4n) is 4.53. The predicted molar refractivity (Wildman–Crippen MR) is 104 cm³/mol. The number of aryl methyl sites for hydroxylation is 1. The van der Waals surface area contributed by atoms with Gasteiger partial charge in [0.2, 0.25) is 5.91 Å². The van der Waals surface area contributed by atoms with Crippen molar-refractivity contribution in [2.24, 2.45) is 10.9 Å². The molecule has 2 aromatic carbocycles. The molecule has 0 spiro atoms. The van der Waals surface area contributed by atoms with E-state index in [-0.39, 0.29) is 34.5 Å². The van der Waals surface area contributed by atoms with Crippen molar-refractivity contribution >= 4 is 28.5 Å². The Hall–Kier alpha value is -2.67. The third-order valence-corrected chi connectivity index (χ3v) is 6.63. The molecule has 0 N–H and O–H groups in total. The van der Waals surface area contributed by atoms with E-state index in [4.69, 9.17) is 4.99 Å². The molecule has 1 amide bonds. The molecule has 7 heteroatoms. The summed E-state index contributed by atoms with van der Waals surface area (Å²) < 4.78 is 0. The van der Waals surface area contributed by atoms with Crippen molar-refractivity contribution in [2.75, 3.05) is 5.75 Å². The second-order valence-corrected chi connectivity index (χ2v) is 8.05. The van der Waals surface area contributed by atoms with Crippen molar-refractivity contribution in [3.05, 3.63) is 75.3 Å². The minimum atomic E-state index is -0.379. The number of hydrogen-bond acceptors (Lipinski definition) is 5. The monoisotopic (exact) mass is 379 g/mol. The Labute approximate surface area is 160 Å². The standard InChI is InChI=1S/C20H17N3O3S/c24-17-11-27-20-21-18-15-7-2-1-4-12(15)8-9-16(18)19(22(17)20)13-5-3-6-14(10-13)23(25)26/h1-7,10,16,18-19H,8-9,11H2. The molecular formula is C20H17N3O3S. The molecule has 0 bridgehead atoms. The highest BCUT2D eigenvalue weighted by Gasteiger charge is 2.48. The van der Waals surface area contributed by atoms with E-state index in [2.05, 4.69) is 12.1 Å². The average molecular weight is 379 g/mol. The molecule has 0 aromatic heterocycles. The number of nitro benzene ring substituents is 1. The maximum Gasteiger partial charge on any atom is 0.269 e. The summed E-state index contributed by atoms with van der Waals surface area (Å²) in [6.07, 6.45) is 1.84. The largest absolute Gasteiger partial charge is 0.283 e. The van der Waals surface area contributed by atoms with Gasteiger partial charge in [-0.25, -0.2) is 0 Å². The van der Waals surface area contributed by atoms with Gasteiger partial charge in [-0.05, 0) is 29.5 Å². The minimum Gasteiger partial charge on any atom is -0.283 e. The van der Waals surface area contributed by atoms with Crippen LogP contribution in [-0.2, 0) is 11.2 Å². The summed E-state index contributed by atoms with van der Waals surface area (Å²) in [5.41, 5.74) is 3.41. The van der Waals surface area contributed by atoms with Gasteiger partial charge in [0.1, 0.15) is 0 Å². The molecule has 6 nitrogen and oxygen atoms in total. The molecule has 2 aromatic rings. The van der Waals surface area contributed by atoms with E-state index in [1.54, 1.807) is 17.0 Å². The summed E-state index contributed by atoms with van der Waals surface area (Å²) in [7, 11) is 0. The van der Waals surface area contributed by atoms with Crippen LogP contribution in [-0.4, -0.2) is 26.7 Å². The number of nitro groups is 1. The van der Waals surface area contributed by atoms with Gasteiger partial charge in [0.25, 0.3) is 5.69 Å². The van der Waals surface area contributed by atoms with Crippen LogP contribution in [0.5, 0.6) is 0 Å². The number of non-ortho nitro benzene ring substituents is 1. The van der Waals surface area contributed by atoms with E-state index in [0.29, 0.717) is 5.75 Å². The molecule has 1 saturated heterocycles. The molecule has 3 atom stereocenters. The second kappa shape index (κ2) is 6.20. The maximum absolute atomic E-state index is 12.6. The summed E-state index contributed by atoms with van der Waals surface area (Å²) in [6, 6.07) is 14.8. The number of thioether (sulfide) groups is 1. The zero-order chi connectivity index (χ0) is 18.5. The number of carbonyl (C=O) groups is 1. The molecule has 5 rings (SSSR count). The SMILES string of the molecule is O=C1CSC2=NC3c4ccccc4CCC3C(c3cccc([N+](=O)[O-])c3)N12. The van der Waals surface area contributed by atoms with Gasteiger partial charge in [0.05, 0.1) is 22.8 Å². The van der Waals surface area contributed by atoms with Crippen molar-refractivity contribution in [1.29, 1.82) is 0 Å². The smallest absolute Gasteiger partial charge is 0.269 e. The third-order valence-electron chi connectivity index (χ3n) is 5.68. The van der Waals surface area contributed by atoms with Crippen LogP contribution in [0.4, 0.5) is 5.69 Å². The van der Waals surface area contributed by atoms with E-state index in [1.807, 2.05) is 18.2 Å². The second-order valence-electron chi connectivity index (χ2n) is 7.11. The maximum atomic E-state index is 12.6. The van der Waals surface area contributed by atoms with Gasteiger partial charge in [-0.3, -0.25) is 24.8 Å². The number of hydrogen-bond donors (Lipinski definition) is 0. The molecular weight excluding hydrogens is 362 g/mol. The van der Waals surface area contributed by atoms with Crippen molar-refractivity contribution < 1.29 is 9.72 Å². The van der Waals surface area contributed by atoms with Gasteiger partial charge >= 0.3 is 0 Å². The van der Waals surface area contributed by atoms with Gasteiger partial charge in [0, 0.05) is 18.1 Å². The number of fused-ring (bicyclic) bond motifs is 4. The Morgan fingerprint density at radius 1 is 1.19 bits per heavy atom. The van der Waals surface area contributed by atoms with Crippen molar-refractivity contribution in [2.45, 2.75) is 24.9 Å². The lowest BCUT2D eigenvalue weighted by molar-refractivity contribution is -0.385. The normalized spacial score (nSPS) is 26.1. The molecule has 27 heavy (non-hydrogen) atoms. The van der Waals surface area contributed by atoms with E-state index >= 15 is 0 Å². The van der Waals surface area contributed by atoms with Crippen LogP contribution in [0.3, 0.4) is 0 Å². The highest BCUT2D eigenvalue weighted by atomic mass is 32.2. The fourth-order valence-corrected chi connectivity index (χ4v) is 5.47. The van der Waals surface area contributed by atoms with E-state index in [1.165, 1.54) is 29.0 Å². The highest BCUT2D eigenvalue weighted by molar-refractivity contribution is 8.15. The van der Waals surface area contributed by atoms with Crippen LogP contribution in [0.1, 0.15) is 35.2 Å². The number of nitrogens with zero attached hydrogens (tertiary/aromatic N) is 3. The van der Waals surface area contributed by atoms with Gasteiger partial charge in [-0.1, -0.05) is 48.2 Å². The van der Waals surface area contributed by atoms with Crippen LogP contribution in [0.15, 0.2) is 53.5 Å². The number of carbonyl (C=O) groups excluding carboxylic acids is 1. The first kappa shape index (κ1) is 16.5. The number of aliphatic imine (C=N–C) groups is 1. The lowest BCUT2D eigenvalue weighted by atomic mass is 9.73. The van der Waals surface area contributed by atoms with E-state index < -0.39 is 0 Å². The first-order valence-corrected chi connectivity index (χ1v) is 9.97. The zero-order valence-electron chi connectivity index (χ0n) is 14.4. The Kier molecular flexibility index (Phi) is 3.79. The molecule has 1 aliphatic carbocycles. The van der Waals surface area contributed by atoms with Gasteiger partial charge in [0.15, 0.2) is 5.17 Å². The topological polar surface area (TPSA) is 75.8 Å². The first-order chi connectivity index (χ1) is 13.1. The van der Waals surface area contributed by atoms with Crippen molar-refractivity contribution in [3.8, 4) is 0 Å². The number of rotatable bonds is 2. The molecule has 136 valence electrons. The van der Waals surface area contributed by atoms with Crippen molar-refractivity contribution in [3.63, 3.8) is 0 Å². The van der Waals surface area contributed by atoms with Crippen molar-refractivity contribution in [1.82, 2.24) is 4.90 Å². The van der Waals surface area contributed by atoms with E-state index in [9.17, 15) is 14.9 Å². The Balaban J connectivity index is 1.66. The number of benzene rings is 2. The lowest BCUT2D eigenvalue weighted by Gasteiger charge is -2.44. The van der Waals surface area contributed by atoms with Crippen LogP contribution < -0.4 is 0 Å². The van der Waals surface area contributed by atoms with Gasteiger partial charge in [-0.15, -0.1) is 0 Å². The Morgan fingerprint density at radius 2 is 2.04 bits per heavy atom. The predicted octanol–water partition coefficient (Wildman–Crippen LogP) is 3.88.